The molecule has 1 aliphatic heterocycles. The van der Waals surface area contributed by atoms with Crippen molar-refractivity contribution in [2.75, 3.05) is 25.2 Å². The lowest BCUT2D eigenvalue weighted by molar-refractivity contribution is -0.139. The van der Waals surface area contributed by atoms with Crippen molar-refractivity contribution in [3.63, 3.8) is 0 Å². The number of hydrogen-bond acceptors (Lipinski definition) is 5. The van der Waals surface area contributed by atoms with E-state index in [0.717, 1.165) is 0 Å². The minimum atomic E-state index is -0.975. The van der Waals surface area contributed by atoms with E-state index in [1.807, 2.05) is 35.7 Å². The monoisotopic (exact) mass is 369 g/mol. The zero-order valence-corrected chi connectivity index (χ0v) is 15.5. The van der Waals surface area contributed by atoms with Gasteiger partial charge in [-0.25, -0.2) is 0 Å². The van der Waals surface area contributed by atoms with Crippen LogP contribution in [-0.4, -0.2) is 47.7 Å². The predicted octanol–water partition coefficient (Wildman–Crippen LogP) is 3.16. The van der Waals surface area contributed by atoms with E-state index in [0.29, 0.717) is 10.1 Å². The molecule has 1 fully saturated rings. The van der Waals surface area contributed by atoms with E-state index >= 15 is 0 Å². The Morgan fingerprint density at radius 2 is 1.92 bits per heavy atom. The molecular weight excluding hydrogens is 346 g/mol. The molecule has 2 rings (SSSR count). The van der Waals surface area contributed by atoms with Gasteiger partial charge in [-0.3, -0.25) is 9.59 Å². The highest BCUT2D eigenvalue weighted by Gasteiger charge is 2.30. The Morgan fingerprint density at radius 3 is 2.46 bits per heavy atom. The summed E-state index contributed by atoms with van der Waals surface area (Å²) in [7, 11) is 1.49. The maximum atomic E-state index is 12.4. The van der Waals surface area contributed by atoms with Crippen LogP contribution in [0.3, 0.4) is 0 Å². The molecule has 5 nitrogen and oxygen atoms in total. The van der Waals surface area contributed by atoms with Crippen molar-refractivity contribution >= 4 is 35.4 Å². The molecule has 1 atom stereocenters. The molecule has 132 valence electrons. The fraction of sp³-hybridized carbons (Fsp3) is 0.529. The molecule has 7 heteroatoms. The van der Waals surface area contributed by atoms with Crippen molar-refractivity contribution in [1.29, 1.82) is 0 Å². The first-order chi connectivity index (χ1) is 11.4. The Labute approximate surface area is 150 Å². The van der Waals surface area contributed by atoms with E-state index in [9.17, 15) is 9.59 Å². The third kappa shape index (κ3) is 5.43. The molecule has 0 saturated carbocycles. The Morgan fingerprint density at radius 1 is 1.29 bits per heavy atom. The van der Waals surface area contributed by atoms with Crippen LogP contribution in [0.1, 0.15) is 40.3 Å². The summed E-state index contributed by atoms with van der Waals surface area (Å²) in [5, 5.41) is 11.8. The van der Waals surface area contributed by atoms with Crippen molar-refractivity contribution < 1.29 is 19.4 Å². The molecule has 0 aliphatic carbocycles. The number of aliphatic carboxylic acids is 1. The van der Waals surface area contributed by atoms with Gasteiger partial charge in [-0.2, -0.15) is 0 Å². The van der Waals surface area contributed by atoms with E-state index in [4.69, 9.17) is 9.84 Å². The summed E-state index contributed by atoms with van der Waals surface area (Å²) in [6.45, 7) is 1.81. The van der Waals surface area contributed by atoms with E-state index in [2.05, 4.69) is 5.32 Å². The van der Waals surface area contributed by atoms with Gasteiger partial charge in [-0.05, 0) is 42.5 Å². The van der Waals surface area contributed by atoms with Gasteiger partial charge in [0.05, 0.1) is 23.1 Å². The van der Waals surface area contributed by atoms with E-state index in [-0.39, 0.29) is 18.9 Å². The highest BCUT2D eigenvalue weighted by molar-refractivity contribution is 8.16. The number of thioether (sulfide) groups is 2. The molecule has 0 spiro atoms. The standard InChI is InChI=1S/C17H23NO4S2/c1-17(11-22-2,10-14(19)20)18-15(21)12-4-6-13(7-5-12)16-23-8-3-9-24-16/h4-7,16H,3,8-11H2,1-2H3,(H,18,21)(H,19,20). The van der Waals surface area contributed by atoms with Crippen LogP contribution in [0, 0.1) is 0 Å². The summed E-state index contributed by atoms with van der Waals surface area (Å²) in [6, 6.07) is 7.56. The van der Waals surface area contributed by atoms with Crippen molar-refractivity contribution in [2.24, 2.45) is 0 Å². The zero-order chi connectivity index (χ0) is 17.6. The molecule has 2 N–H and O–H groups in total. The maximum Gasteiger partial charge on any atom is 0.305 e. The number of hydrogen-bond donors (Lipinski definition) is 2. The topological polar surface area (TPSA) is 75.6 Å². The maximum absolute atomic E-state index is 12.4. The SMILES string of the molecule is COCC(C)(CC(=O)O)NC(=O)c1ccc(C2SCCCS2)cc1. The second-order valence-electron chi connectivity index (χ2n) is 6.07. The lowest BCUT2D eigenvalue weighted by Gasteiger charge is -2.28. The van der Waals surface area contributed by atoms with Crippen LogP contribution in [0.5, 0.6) is 0 Å². The summed E-state index contributed by atoms with van der Waals surface area (Å²) in [6.07, 6.45) is 1.05. The fourth-order valence-corrected chi connectivity index (χ4v) is 5.50. The molecule has 1 saturated heterocycles. The third-order valence-corrected chi connectivity index (χ3v) is 6.71. The highest BCUT2D eigenvalue weighted by atomic mass is 32.2. The van der Waals surface area contributed by atoms with Gasteiger partial charge in [-0.15, -0.1) is 23.5 Å². The molecular formula is C17H23NO4S2. The lowest BCUT2D eigenvalue weighted by atomic mass is 9.98. The summed E-state index contributed by atoms with van der Waals surface area (Å²) in [4.78, 5) is 23.5. The number of carboxylic acids is 1. The molecule has 0 radical (unpaired) electrons. The van der Waals surface area contributed by atoms with Gasteiger partial charge in [-0.1, -0.05) is 12.1 Å². The van der Waals surface area contributed by atoms with Crippen LogP contribution < -0.4 is 5.32 Å². The van der Waals surface area contributed by atoms with Crippen molar-refractivity contribution in [3.8, 4) is 0 Å². The van der Waals surface area contributed by atoms with Crippen LogP contribution in [0.15, 0.2) is 24.3 Å². The molecule has 0 aromatic heterocycles. The van der Waals surface area contributed by atoms with Crippen molar-refractivity contribution in [1.82, 2.24) is 5.32 Å². The van der Waals surface area contributed by atoms with E-state index in [1.54, 1.807) is 19.1 Å². The number of methoxy groups -OCH3 is 1. The molecule has 1 aliphatic rings. The number of carbonyl (C=O) groups excluding carboxylic acids is 1. The number of carbonyl (C=O) groups is 2. The lowest BCUT2D eigenvalue weighted by Crippen LogP contribution is -2.50. The van der Waals surface area contributed by atoms with Crippen LogP contribution in [0.2, 0.25) is 0 Å². The molecule has 1 aromatic carbocycles. The molecule has 1 amide bonds. The predicted molar refractivity (Wildman–Crippen MR) is 98.7 cm³/mol. The number of ether oxygens (including phenoxy) is 1. The summed E-state index contributed by atoms with van der Waals surface area (Å²) < 4.78 is 5.49. The third-order valence-electron chi connectivity index (χ3n) is 3.69. The van der Waals surface area contributed by atoms with Crippen LogP contribution in [0.25, 0.3) is 0 Å². The largest absolute Gasteiger partial charge is 0.481 e. The smallest absolute Gasteiger partial charge is 0.305 e. The van der Waals surface area contributed by atoms with Gasteiger partial charge in [0.15, 0.2) is 0 Å². The minimum absolute atomic E-state index is 0.137. The number of rotatable bonds is 7. The van der Waals surface area contributed by atoms with Gasteiger partial charge < -0.3 is 15.2 Å². The van der Waals surface area contributed by atoms with Gasteiger partial charge in [0.1, 0.15) is 0 Å². The first-order valence-electron chi connectivity index (χ1n) is 7.80. The number of benzene rings is 1. The molecule has 24 heavy (non-hydrogen) atoms. The fourth-order valence-electron chi connectivity index (χ4n) is 2.60. The number of amides is 1. The van der Waals surface area contributed by atoms with Crippen molar-refractivity contribution in [3.05, 3.63) is 35.4 Å². The van der Waals surface area contributed by atoms with Crippen LogP contribution in [0.4, 0.5) is 0 Å². The Hall–Kier alpha value is -1.18. The van der Waals surface area contributed by atoms with Crippen LogP contribution >= 0.6 is 23.5 Å². The van der Waals surface area contributed by atoms with Crippen molar-refractivity contribution in [2.45, 2.75) is 29.9 Å². The Bertz CT molecular complexity index is 572. The highest BCUT2D eigenvalue weighted by Crippen LogP contribution is 2.43. The summed E-state index contributed by atoms with van der Waals surface area (Å²) in [5.74, 6) is 1.08. The normalized spacial score (nSPS) is 17.9. The molecule has 0 bridgehead atoms. The molecule has 1 heterocycles. The first-order valence-corrected chi connectivity index (χ1v) is 9.90. The van der Waals surface area contributed by atoms with Gasteiger partial charge in [0, 0.05) is 12.7 Å². The Kier molecular flexibility index (Phi) is 7.01. The zero-order valence-electron chi connectivity index (χ0n) is 13.9. The first kappa shape index (κ1) is 19.1. The second-order valence-corrected chi connectivity index (χ2v) is 8.79. The second kappa shape index (κ2) is 8.78. The minimum Gasteiger partial charge on any atom is -0.481 e. The van der Waals surface area contributed by atoms with Gasteiger partial charge >= 0.3 is 5.97 Å². The molecule has 1 unspecified atom stereocenters. The number of carboxylic acid groups (broad SMARTS) is 1. The average Bonchev–Trinajstić information content (AvgIpc) is 2.55. The van der Waals surface area contributed by atoms with Gasteiger partial charge in [0.2, 0.25) is 0 Å². The Balaban J connectivity index is 2.04. The van der Waals surface area contributed by atoms with E-state index in [1.165, 1.54) is 30.6 Å². The molecule has 1 aromatic rings. The van der Waals surface area contributed by atoms with Crippen LogP contribution in [-0.2, 0) is 9.53 Å². The van der Waals surface area contributed by atoms with E-state index < -0.39 is 11.5 Å². The average molecular weight is 370 g/mol. The van der Waals surface area contributed by atoms with Gasteiger partial charge in [0.25, 0.3) is 5.91 Å². The summed E-state index contributed by atoms with van der Waals surface area (Å²) >= 11 is 3.87. The quantitative estimate of drug-likeness (QED) is 0.769. The summed E-state index contributed by atoms with van der Waals surface area (Å²) in [5.41, 5.74) is 0.800. The number of nitrogens with one attached hydrogen (secondary N) is 1.